The molecule has 0 radical (unpaired) electrons. The number of nitrogens with two attached hydrogens (primary N) is 1. The van der Waals surface area contributed by atoms with E-state index in [0.717, 1.165) is 68.8 Å². The van der Waals surface area contributed by atoms with Crippen LogP contribution >= 0.6 is 0 Å². The van der Waals surface area contributed by atoms with Crippen LogP contribution in [0.1, 0.15) is 73.2 Å². The number of hydrogen-bond acceptors (Lipinski definition) is 5. The van der Waals surface area contributed by atoms with Gasteiger partial charge < -0.3 is 15.5 Å². The van der Waals surface area contributed by atoms with E-state index in [1.807, 2.05) is 13.8 Å². The normalized spacial score (nSPS) is 25.3. The number of carbonyl (C=O) groups excluding carboxylic acids is 1. The highest BCUT2D eigenvalue weighted by molar-refractivity contribution is 5.91. The van der Waals surface area contributed by atoms with Crippen LogP contribution in [0.5, 0.6) is 0 Å². The summed E-state index contributed by atoms with van der Waals surface area (Å²) in [4.78, 5) is 27.1. The number of piperidine rings is 1. The van der Waals surface area contributed by atoms with Crippen molar-refractivity contribution >= 4 is 11.7 Å². The highest BCUT2D eigenvalue weighted by Crippen LogP contribution is 2.42. The fourth-order valence-corrected chi connectivity index (χ4v) is 5.08. The van der Waals surface area contributed by atoms with Gasteiger partial charge in [-0.2, -0.15) is 0 Å². The van der Waals surface area contributed by atoms with Crippen molar-refractivity contribution in [1.29, 1.82) is 0 Å². The lowest BCUT2D eigenvalue weighted by Gasteiger charge is -2.45. The maximum atomic E-state index is 13.4. The van der Waals surface area contributed by atoms with Crippen molar-refractivity contribution in [3.8, 4) is 0 Å². The van der Waals surface area contributed by atoms with E-state index < -0.39 is 0 Å². The van der Waals surface area contributed by atoms with Gasteiger partial charge in [0.1, 0.15) is 5.82 Å². The minimum Gasteiger partial charge on any atom is -0.355 e. The van der Waals surface area contributed by atoms with E-state index in [0.29, 0.717) is 5.82 Å². The van der Waals surface area contributed by atoms with Gasteiger partial charge in [-0.05, 0) is 52.4 Å². The number of rotatable bonds is 2. The summed E-state index contributed by atoms with van der Waals surface area (Å²) in [5.41, 5.74) is 8.11. The molecular formula is C20H31N5O. The second-order valence-electron chi connectivity index (χ2n) is 8.42. The first-order chi connectivity index (χ1) is 12.5. The van der Waals surface area contributed by atoms with E-state index in [4.69, 9.17) is 10.7 Å². The molecule has 6 heteroatoms. The molecule has 2 aliphatic heterocycles. The molecule has 2 N–H and O–H groups in total. The number of hydrogen-bond donors (Lipinski definition) is 1. The molecular weight excluding hydrogens is 326 g/mol. The smallest absolute Gasteiger partial charge is 0.292 e. The van der Waals surface area contributed by atoms with E-state index in [-0.39, 0.29) is 17.5 Å². The SMILES string of the molecule is Cc1nc(C(=O)N2CCCCC23CCCC3)nc(N2CC[C@@H](N)C2)c1C. The Bertz CT molecular complexity index is 698. The average Bonchev–Trinajstić information content (AvgIpc) is 3.27. The molecule has 0 aromatic carbocycles. The summed E-state index contributed by atoms with van der Waals surface area (Å²) in [6.07, 6.45) is 9.16. The maximum absolute atomic E-state index is 13.4. The van der Waals surface area contributed by atoms with Gasteiger partial charge in [0.25, 0.3) is 5.91 Å². The Hall–Kier alpha value is -1.69. The summed E-state index contributed by atoms with van der Waals surface area (Å²) in [6, 6.07) is 0.188. The molecule has 3 fully saturated rings. The predicted octanol–water partition coefficient (Wildman–Crippen LogP) is 2.57. The summed E-state index contributed by atoms with van der Waals surface area (Å²) in [7, 11) is 0. The lowest BCUT2D eigenvalue weighted by molar-refractivity contribution is 0.0323. The third-order valence-electron chi connectivity index (χ3n) is 6.70. The van der Waals surface area contributed by atoms with Crippen LogP contribution in [0.2, 0.25) is 0 Å². The molecule has 1 aliphatic carbocycles. The van der Waals surface area contributed by atoms with E-state index in [1.54, 1.807) is 0 Å². The summed E-state index contributed by atoms with van der Waals surface area (Å²) >= 11 is 0. The molecule has 3 aliphatic rings. The molecule has 1 amide bonds. The van der Waals surface area contributed by atoms with Crippen LogP contribution < -0.4 is 10.6 Å². The Labute approximate surface area is 156 Å². The second kappa shape index (κ2) is 6.80. The molecule has 2 saturated heterocycles. The lowest BCUT2D eigenvalue weighted by Crippen LogP contribution is -2.53. The number of amides is 1. The van der Waals surface area contributed by atoms with E-state index in [1.165, 1.54) is 19.3 Å². The zero-order chi connectivity index (χ0) is 18.3. The summed E-state index contributed by atoms with van der Waals surface area (Å²) in [5.74, 6) is 1.29. The summed E-state index contributed by atoms with van der Waals surface area (Å²) in [5, 5.41) is 0. The molecule has 0 unspecified atom stereocenters. The van der Waals surface area contributed by atoms with Crippen molar-refractivity contribution in [2.24, 2.45) is 5.73 Å². The van der Waals surface area contributed by atoms with Crippen LogP contribution in [0.15, 0.2) is 0 Å². The van der Waals surface area contributed by atoms with Crippen molar-refractivity contribution in [3.63, 3.8) is 0 Å². The van der Waals surface area contributed by atoms with Crippen LogP contribution in [0.25, 0.3) is 0 Å². The minimum atomic E-state index is 0.0273. The molecule has 1 saturated carbocycles. The van der Waals surface area contributed by atoms with Crippen LogP contribution in [0.4, 0.5) is 5.82 Å². The Morgan fingerprint density at radius 3 is 2.42 bits per heavy atom. The number of aryl methyl sites for hydroxylation is 1. The van der Waals surface area contributed by atoms with Crippen LogP contribution in [-0.2, 0) is 0 Å². The number of aromatic nitrogens is 2. The maximum Gasteiger partial charge on any atom is 0.292 e. The molecule has 142 valence electrons. The standard InChI is InChI=1S/C20H31N5O/c1-14-15(2)22-17(23-18(14)24-12-7-16(21)13-24)19(26)25-11-6-5-10-20(25)8-3-4-9-20/h16H,3-13,21H2,1-2H3/t16-/m1/s1. The highest BCUT2D eigenvalue weighted by atomic mass is 16.2. The minimum absolute atomic E-state index is 0.0273. The molecule has 0 bridgehead atoms. The van der Waals surface area contributed by atoms with E-state index in [2.05, 4.69) is 14.8 Å². The third kappa shape index (κ3) is 2.98. The van der Waals surface area contributed by atoms with Crippen LogP contribution in [0.3, 0.4) is 0 Å². The number of anilines is 1. The Balaban J connectivity index is 1.66. The molecule has 1 aromatic rings. The lowest BCUT2D eigenvalue weighted by atomic mass is 9.85. The van der Waals surface area contributed by atoms with Crippen LogP contribution in [-0.4, -0.2) is 52.0 Å². The highest BCUT2D eigenvalue weighted by Gasteiger charge is 2.44. The van der Waals surface area contributed by atoms with Crippen molar-refractivity contribution in [3.05, 3.63) is 17.1 Å². The Morgan fingerprint density at radius 2 is 1.77 bits per heavy atom. The van der Waals surface area contributed by atoms with Crippen molar-refractivity contribution in [2.45, 2.75) is 76.8 Å². The van der Waals surface area contributed by atoms with Gasteiger partial charge in [0.05, 0.1) is 0 Å². The van der Waals surface area contributed by atoms with Gasteiger partial charge in [-0.15, -0.1) is 0 Å². The molecule has 1 aromatic heterocycles. The molecule has 6 nitrogen and oxygen atoms in total. The molecule has 4 rings (SSSR count). The molecule has 3 heterocycles. The summed E-state index contributed by atoms with van der Waals surface area (Å²) in [6.45, 7) is 6.58. The second-order valence-corrected chi connectivity index (χ2v) is 8.42. The zero-order valence-electron chi connectivity index (χ0n) is 16.1. The largest absolute Gasteiger partial charge is 0.355 e. The Kier molecular flexibility index (Phi) is 4.63. The van der Waals surface area contributed by atoms with Gasteiger partial charge in [0, 0.05) is 42.5 Å². The van der Waals surface area contributed by atoms with Gasteiger partial charge in [-0.25, -0.2) is 9.97 Å². The van der Waals surface area contributed by atoms with Gasteiger partial charge in [-0.3, -0.25) is 4.79 Å². The van der Waals surface area contributed by atoms with Crippen LogP contribution in [0, 0.1) is 13.8 Å². The molecule has 26 heavy (non-hydrogen) atoms. The number of carbonyl (C=O) groups is 1. The van der Waals surface area contributed by atoms with Gasteiger partial charge in [0.15, 0.2) is 0 Å². The first-order valence-electron chi connectivity index (χ1n) is 10.2. The third-order valence-corrected chi connectivity index (χ3v) is 6.70. The zero-order valence-corrected chi connectivity index (χ0v) is 16.1. The molecule has 1 spiro atoms. The van der Waals surface area contributed by atoms with E-state index >= 15 is 0 Å². The van der Waals surface area contributed by atoms with Gasteiger partial charge >= 0.3 is 0 Å². The first kappa shape index (κ1) is 17.7. The number of nitrogens with zero attached hydrogens (tertiary/aromatic N) is 4. The first-order valence-corrected chi connectivity index (χ1v) is 10.2. The summed E-state index contributed by atoms with van der Waals surface area (Å²) < 4.78 is 0. The monoisotopic (exact) mass is 357 g/mol. The Morgan fingerprint density at radius 1 is 1.08 bits per heavy atom. The predicted molar refractivity (Wildman–Crippen MR) is 102 cm³/mol. The number of likely N-dealkylation sites (tertiary alicyclic amines) is 1. The van der Waals surface area contributed by atoms with Crippen molar-refractivity contribution < 1.29 is 4.79 Å². The quantitative estimate of drug-likeness (QED) is 0.880. The fourth-order valence-electron chi connectivity index (χ4n) is 5.08. The van der Waals surface area contributed by atoms with Crippen molar-refractivity contribution in [1.82, 2.24) is 14.9 Å². The van der Waals surface area contributed by atoms with Gasteiger partial charge in [0.2, 0.25) is 5.82 Å². The average molecular weight is 358 g/mol. The topological polar surface area (TPSA) is 75.4 Å². The fraction of sp³-hybridized carbons (Fsp3) is 0.750. The molecule has 1 atom stereocenters. The van der Waals surface area contributed by atoms with Gasteiger partial charge in [-0.1, -0.05) is 12.8 Å². The van der Waals surface area contributed by atoms with E-state index in [9.17, 15) is 4.79 Å². The van der Waals surface area contributed by atoms with Crippen molar-refractivity contribution in [2.75, 3.05) is 24.5 Å².